The second kappa shape index (κ2) is 5.58. The third kappa shape index (κ3) is 2.78. The molecule has 1 atom stereocenters. The molecule has 0 amide bonds. The summed E-state index contributed by atoms with van der Waals surface area (Å²) in [7, 11) is 0. The average molecular weight is 169 g/mol. The van der Waals surface area contributed by atoms with Gasteiger partial charge in [-0.1, -0.05) is 26.7 Å². The average Bonchev–Trinajstić information content (AvgIpc) is 1.97. The van der Waals surface area contributed by atoms with Gasteiger partial charge in [0.15, 0.2) is 0 Å². The molecule has 0 aromatic carbocycles. The molecule has 0 saturated heterocycles. The van der Waals surface area contributed by atoms with E-state index in [4.69, 9.17) is 0 Å². The first kappa shape index (κ1) is 10.0. The van der Waals surface area contributed by atoms with Crippen molar-refractivity contribution in [1.29, 1.82) is 0 Å². The molecule has 72 valence electrons. The SMILES string of the molecule is CCCNC(CCC)C1CCC1. The number of hydrogen-bond donors (Lipinski definition) is 1. The van der Waals surface area contributed by atoms with Gasteiger partial charge in [-0.3, -0.25) is 0 Å². The topological polar surface area (TPSA) is 12.0 Å². The van der Waals surface area contributed by atoms with Crippen LogP contribution >= 0.6 is 0 Å². The Morgan fingerprint density at radius 2 is 2.00 bits per heavy atom. The fourth-order valence-electron chi connectivity index (χ4n) is 1.99. The van der Waals surface area contributed by atoms with E-state index in [1.807, 2.05) is 0 Å². The van der Waals surface area contributed by atoms with Crippen molar-refractivity contribution < 1.29 is 0 Å². The van der Waals surface area contributed by atoms with Crippen LogP contribution in [-0.4, -0.2) is 12.6 Å². The van der Waals surface area contributed by atoms with E-state index in [0.717, 1.165) is 12.0 Å². The zero-order chi connectivity index (χ0) is 8.81. The van der Waals surface area contributed by atoms with Gasteiger partial charge in [0.1, 0.15) is 0 Å². The van der Waals surface area contributed by atoms with Crippen LogP contribution in [0.2, 0.25) is 0 Å². The summed E-state index contributed by atoms with van der Waals surface area (Å²) in [6.07, 6.45) is 8.40. The highest BCUT2D eigenvalue weighted by Crippen LogP contribution is 2.31. The van der Waals surface area contributed by atoms with Crippen LogP contribution in [0.15, 0.2) is 0 Å². The molecule has 0 aromatic heterocycles. The van der Waals surface area contributed by atoms with Gasteiger partial charge in [0, 0.05) is 6.04 Å². The van der Waals surface area contributed by atoms with Crippen molar-refractivity contribution in [3.05, 3.63) is 0 Å². The maximum atomic E-state index is 3.67. The van der Waals surface area contributed by atoms with E-state index in [1.165, 1.54) is 45.1 Å². The van der Waals surface area contributed by atoms with Gasteiger partial charge in [-0.25, -0.2) is 0 Å². The molecule has 1 unspecified atom stereocenters. The van der Waals surface area contributed by atoms with Crippen LogP contribution in [0.5, 0.6) is 0 Å². The number of rotatable bonds is 6. The summed E-state index contributed by atoms with van der Waals surface area (Å²) in [4.78, 5) is 0. The minimum atomic E-state index is 0.837. The largest absolute Gasteiger partial charge is 0.314 e. The summed E-state index contributed by atoms with van der Waals surface area (Å²) in [6.45, 7) is 5.75. The van der Waals surface area contributed by atoms with Crippen molar-refractivity contribution in [1.82, 2.24) is 5.32 Å². The van der Waals surface area contributed by atoms with Crippen molar-refractivity contribution in [2.45, 2.75) is 58.4 Å². The molecule has 0 aromatic rings. The lowest BCUT2D eigenvalue weighted by atomic mass is 9.78. The fraction of sp³-hybridized carbons (Fsp3) is 1.00. The van der Waals surface area contributed by atoms with Crippen molar-refractivity contribution in [3.63, 3.8) is 0 Å². The summed E-state index contributed by atoms with van der Waals surface area (Å²) in [6, 6.07) is 0.837. The normalized spacial score (nSPS) is 20.5. The van der Waals surface area contributed by atoms with Crippen LogP contribution < -0.4 is 5.32 Å². The predicted octanol–water partition coefficient (Wildman–Crippen LogP) is 2.95. The van der Waals surface area contributed by atoms with Crippen molar-refractivity contribution in [3.8, 4) is 0 Å². The Hall–Kier alpha value is -0.0400. The molecular weight excluding hydrogens is 146 g/mol. The molecule has 1 saturated carbocycles. The Labute approximate surface area is 76.9 Å². The van der Waals surface area contributed by atoms with Crippen LogP contribution in [0.1, 0.15) is 52.4 Å². The summed E-state index contributed by atoms with van der Waals surface area (Å²) >= 11 is 0. The summed E-state index contributed by atoms with van der Waals surface area (Å²) in [5.41, 5.74) is 0. The molecule has 12 heavy (non-hydrogen) atoms. The lowest BCUT2D eigenvalue weighted by Crippen LogP contribution is -2.39. The molecule has 0 bridgehead atoms. The van der Waals surface area contributed by atoms with Gasteiger partial charge in [-0.15, -0.1) is 0 Å². The van der Waals surface area contributed by atoms with E-state index >= 15 is 0 Å². The van der Waals surface area contributed by atoms with Crippen molar-refractivity contribution in [2.24, 2.45) is 5.92 Å². The summed E-state index contributed by atoms with van der Waals surface area (Å²) < 4.78 is 0. The lowest BCUT2D eigenvalue weighted by Gasteiger charge is -2.34. The molecule has 0 heterocycles. The number of nitrogens with one attached hydrogen (secondary N) is 1. The number of hydrogen-bond acceptors (Lipinski definition) is 1. The lowest BCUT2D eigenvalue weighted by molar-refractivity contribution is 0.219. The van der Waals surface area contributed by atoms with Gasteiger partial charge in [-0.05, 0) is 38.1 Å². The zero-order valence-electron chi connectivity index (χ0n) is 8.60. The molecule has 0 radical (unpaired) electrons. The highest BCUT2D eigenvalue weighted by molar-refractivity contribution is 4.82. The molecule has 1 N–H and O–H groups in total. The minimum absolute atomic E-state index is 0.837. The zero-order valence-corrected chi connectivity index (χ0v) is 8.60. The first-order valence-electron chi connectivity index (χ1n) is 5.61. The van der Waals surface area contributed by atoms with E-state index in [0.29, 0.717) is 0 Å². The Balaban J connectivity index is 2.17. The second-order valence-corrected chi connectivity index (χ2v) is 4.04. The third-order valence-corrected chi connectivity index (χ3v) is 2.98. The van der Waals surface area contributed by atoms with E-state index in [2.05, 4.69) is 19.2 Å². The van der Waals surface area contributed by atoms with E-state index < -0.39 is 0 Å². The molecule has 1 aliphatic carbocycles. The Bertz CT molecular complexity index is 108. The fourth-order valence-corrected chi connectivity index (χ4v) is 1.99. The van der Waals surface area contributed by atoms with Crippen molar-refractivity contribution in [2.75, 3.05) is 6.54 Å². The molecule has 1 aliphatic rings. The first-order chi connectivity index (χ1) is 5.88. The molecule has 1 nitrogen and oxygen atoms in total. The Morgan fingerprint density at radius 1 is 1.25 bits per heavy atom. The van der Waals surface area contributed by atoms with Gasteiger partial charge >= 0.3 is 0 Å². The van der Waals surface area contributed by atoms with Gasteiger partial charge < -0.3 is 5.32 Å². The first-order valence-corrected chi connectivity index (χ1v) is 5.61. The minimum Gasteiger partial charge on any atom is -0.314 e. The van der Waals surface area contributed by atoms with Crippen LogP contribution in [0.25, 0.3) is 0 Å². The van der Waals surface area contributed by atoms with Gasteiger partial charge in [-0.2, -0.15) is 0 Å². The molecule has 0 aliphatic heterocycles. The monoisotopic (exact) mass is 169 g/mol. The molecular formula is C11H23N. The summed E-state index contributed by atoms with van der Waals surface area (Å²) in [5, 5.41) is 3.67. The van der Waals surface area contributed by atoms with Crippen LogP contribution in [0.4, 0.5) is 0 Å². The highest BCUT2D eigenvalue weighted by atomic mass is 14.9. The van der Waals surface area contributed by atoms with Crippen LogP contribution in [0.3, 0.4) is 0 Å². The van der Waals surface area contributed by atoms with Gasteiger partial charge in [0.25, 0.3) is 0 Å². The Kier molecular flexibility index (Phi) is 4.67. The predicted molar refractivity (Wildman–Crippen MR) is 54.3 cm³/mol. The highest BCUT2D eigenvalue weighted by Gasteiger charge is 2.25. The van der Waals surface area contributed by atoms with Crippen molar-refractivity contribution >= 4 is 0 Å². The Morgan fingerprint density at radius 3 is 2.42 bits per heavy atom. The standard InChI is InChI=1S/C11H23N/c1-3-6-11(12-9-4-2)10-7-5-8-10/h10-12H,3-9H2,1-2H3. The maximum absolute atomic E-state index is 3.67. The molecule has 1 heteroatoms. The smallest absolute Gasteiger partial charge is 0.00952 e. The van der Waals surface area contributed by atoms with Gasteiger partial charge in [0.05, 0.1) is 0 Å². The molecule has 0 spiro atoms. The summed E-state index contributed by atoms with van der Waals surface area (Å²) in [5.74, 6) is 1.01. The molecule has 1 fully saturated rings. The maximum Gasteiger partial charge on any atom is 0.00952 e. The van der Waals surface area contributed by atoms with E-state index in [1.54, 1.807) is 0 Å². The van der Waals surface area contributed by atoms with Gasteiger partial charge in [0.2, 0.25) is 0 Å². The third-order valence-electron chi connectivity index (χ3n) is 2.98. The molecule has 1 rings (SSSR count). The van der Waals surface area contributed by atoms with E-state index in [-0.39, 0.29) is 0 Å². The quantitative estimate of drug-likeness (QED) is 0.644. The van der Waals surface area contributed by atoms with E-state index in [9.17, 15) is 0 Å². The second-order valence-electron chi connectivity index (χ2n) is 4.04. The van der Waals surface area contributed by atoms with Crippen LogP contribution in [0, 0.1) is 5.92 Å². The van der Waals surface area contributed by atoms with Crippen LogP contribution in [-0.2, 0) is 0 Å².